The molecular weight excluding hydrogens is 1150 g/mol. The van der Waals surface area contributed by atoms with Gasteiger partial charge in [-0.25, -0.2) is 0 Å². The largest absolute Gasteiger partial charge is 0.466 e. The molecule has 1 saturated heterocycles. The number of rotatable bonds is 71. The lowest BCUT2D eigenvalue weighted by molar-refractivity contribution is -0.302. The maximum absolute atomic E-state index is 13.0. The van der Waals surface area contributed by atoms with Gasteiger partial charge in [-0.3, -0.25) is 9.59 Å². The fourth-order valence-electron chi connectivity index (χ4n) is 12.7. The van der Waals surface area contributed by atoms with Crippen molar-refractivity contribution in [2.45, 2.75) is 436 Å². The van der Waals surface area contributed by atoms with Gasteiger partial charge in [0.1, 0.15) is 24.4 Å². The van der Waals surface area contributed by atoms with E-state index >= 15 is 0 Å². The fourth-order valence-corrected chi connectivity index (χ4v) is 12.7. The Morgan fingerprint density at radius 2 is 0.739 bits per heavy atom. The zero-order valence-corrected chi connectivity index (χ0v) is 60.3. The number of unbranched alkanes of at least 4 members (excludes halogenated alkanes) is 51. The first-order valence-corrected chi connectivity index (χ1v) is 39.9. The van der Waals surface area contributed by atoms with Crippen molar-refractivity contribution < 1.29 is 49.3 Å². The van der Waals surface area contributed by atoms with Crippen LogP contribution >= 0.6 is 0 Å². The van der Waals surface area contributed by atoms with Crippen molar-refractivity contribution >= 4 is 11.9 Å². The lowest BCUT2D eigenvalue weighted by Crippen LogP contribution is -2.60. The van der Waals surface area contributed by atoms with Crippen LogP contribution in [0.4, 0.5) is 0 Å². The second-order valence-electron chi connectivity index (χ2n) is 27.8. The average Bonchev–Trinajstić information content (AvgIpc) is 0.979. The molecule has 11 heteroatoms. The minimum Gasteiger partial charge on any atom is -0.466 e. The molecule has 1 heterocycles. The number of carbonyl (C=O) groups is 2. The smallest absolute Gasteiger partial charge is 0.305 e. The van der Waals surface area contributed by atoms with E-state index in [0.717, 1.165) is 57.8 Å². The van der Waals surface area contributed by atoms with Crippen molar-refractivity contribution in [2.75, 3.05) is 19.8 Å². The summed E-state index contributed by atoms with van der Waals surface area (Å²) in [6, 6.07) is -0.825. The van der Waals surface area contributed by atoms with Crippen LogP contribution in [0.2, 0.25) is 0 Å². The predicted octanol–water partition coefficient (Wildman–Crippen LogP) is 21.5. The van der Waals surface area contributed by atoms with E-state index in [1.165, 1.54) is 308 Å². The summed E-state index contributed by atoms with van der Waals surface area (Å²) in [6.45, 7) is 4.34. The molecule has 0 aromatic carbocycles. The molecule has 540 valence electrons. The number of aliphatic hydroxyl groups excluding tert-OH is 5. The van der Waals surface area contributed by atoms with Crippen LogP contribution in [0.5, 0.6) is 0 Å². The second kappa shape index (κ2) is 70.0. The number of aliphatic hydroxyl groups is 5. The molecule has 1 aliphatic heterocycles. The standard InChI is InChI=1S/C81H151NO10/c1-3-5-7-9-11-13-15-16-17-18-36-40-43-46-49-53-57-61-65-69-77(86)90-70-66-62-58-54-50-47-44-41-38-35-33-31-29-27-25-23-21-19-20-22-24-26-28-30-32-34-37-39-42-45-48-52-56-60-64-68-76(85)82-73(72-91-81-80(89)79(88)78(87)75(71-83)92-81)74(84)67-63-59-55-51-14-12-10-8-6-4-2/h14,21,23,27,29,51,63,67,73-75,78-81,83-84,87-89H,3-13,15-20,22,24-26,28,30-50,52-62,64-66,68-72H2,1-2H3,(H,82,85)/b23-21-,29-27-,51-14+,67-63+. The van der Waals surface area contributed by atoms with E-state index in [2.05, 4.69) is 55.6 Å². The summed E-state index contributed by atoms with van der Waals surface area (Å²) >= 11 is 0. The average molecular weight is 1300 g/mol. The Balaban J connectivity index is 1.88. The monoisotopic (exact) mass is 1300 g/mol. The summed E-state index contributed by atoms with van der Waals surface area (Å²) in [5.41, 5.74) is 0. The van der Waals surface area contributed by atoms with E-state index in [1.807, 2.05) is 6.08 Å². The summed E-state index contributed by atoms with van der Waals surface area (Å²) in [5, 5.41) is 54.4. The zero-order chi connectivity index (χ0) is 66.5. The van der Waals surface area contributed by atoms with E-state index in [-0.39, 0.29) is 18.5 Å². The van der Waals surface area contributed by atoms with Crippen LogP contribution < -0.4 is 5.32 Å². The zero-order valence-electron chi connectivity index (χ0n) is 60.3. The molecule has 1 amide bonds. The van der Waals surface area contributed by atoms with Crippen LogP contribution in [0.1, 0.15) is 393 Å². The van der Waals surface area contributed by atoms with Crippen LogP contribution in [0.25, 0.3) is 0 Å². The molecule has 0 aromatic rings. The molecule has 11 nitrogen and oxygen atoms in total. The van der Waals surface area contributed by atoms with Gasteiger partial charge in [-0.1, -0.05) is 351 Å². The van der Waals surface area contributed by atoms with Gasteiger partial charge < -0.3 is 45.1 Å². The number of ether oxygens (including phenoxy) is 3. The molecule has 0 spiro atoms. The number of carbonyl (C=O) groups excluding carboxylic acids is 2. The van der Waals surface area contributed by atoms with Gasteiger partial charge in [0.25, 0.3) is 0 Å². The summed E-state index contributed by atoms with van der Waals surface area (Å²) in [7, 11) is 0. The fraction of sp³-hybridized carbons (Fsp3) is 0.877. The number of nitrogens with one attached hydrogen (secondary N) is 1. The molecule has 7 atom stereocenters. The number of hydrogen-bond donors (Lipinski definition) is 6. The Morgan fingerprint density at radius 1 is 0.402 bits per heavy atom. The Hall–Kier alpha value is -2.38. The maximum Gasteiger partial charge on any atom is 0.305 e. The SMILES string of the molecule is CCCCCC/C=C/CC/C=C/C(O)C(COC1OC(CO)C(O)C(O)C1O)NC(=O)CCCCCCCCCCCCCCCCCCC/C=C\C/C=C\CCCCCCCCCCCCCOC(=O)CCCCCCCCCCCCCCCCCCCCC. The number of amides is 1. The van der Waals surface area contributed by atoms with Gasteiger partial charge in [-0.05, 0) is 77.0 Å². The molecule has 92 heavy (non-hydrogen) atoms. The van der Waals surface area contributed by atoms with Crippen LogP contribution in [0.3, 0.4) is 0 Å². The molecule has 1 rings (SSSR count). The van der Waals surface area contributed by atoms with Gasteiger partial charge >= 0.3 is 5.97 Å². The van der Waals surface area contributed by atoms with Crippen LogP contribution in [0.15, 0.2) is 48.6 Å². The van der Waals surface area contributed by atoms with Crippen molar-refractivity contribution in [3.63, 3.8) is 0 Å². The first-order chi connectivity index (χ1) is 45.2. The predicted molar refractivity (Wildman–Crippen MR) is 389 cm³/mol. The van der Waals surface area contributed by atoms with Gasteiger partial charge in [-0.15, -0.1) is 0 Å². The number of hydrogen-bond acceptors (Lipinski definition) is 10. The van der Waals surface area contributed by atoms with E-state index in [0.29, 0.717) is 19.4 Å². The Kier molecular flexibility index (Phi) is 66.6. The van der Waals surface area contributed by atoms with Crippen molar-refractivity contribution in [2.24, 2.45) is 0 Å². The topological polar surface area (TPSA) is 175 Å². The van der Waals surface area contributed by atoms with E-state index in [4.69, 9.17) is 14.2 Å². The lowest BCUT2D eigenvalue weighted by atomic mass is 9.99. The van der Waals surface area contributed by atoms with Crippen molar-refractivity contribution in [3.8, 4) is 0 Å². The highest BCUT2D eigenvalue weighted by atomic mass is 16.7. The van der Waals surface area contributed by atoms with Gasteiger partial charge in [0.05, 0.1) is 32.0 Å². The minimum atomic E-state index is -1.58. The molecule has 0 bridgehead atoms. The minimum absolute atomic E-state index is 0.0152. The highest BCUT2D eigenvalue weighted by Crippen LogP contribution is 2.24. The van der Waals surface area contributed by atoms with Gasteiger partial charge in [0.15, 0.2) is 6.29 Å². The Morgan fingerprint density at radius 3 is 1.15 bits per heavy atom. The molecule has 0 saturated carbocycles. The number of esters is 1. The Bertz CT molecular complexity index is 1670. The molecule has 7 unspecified atom stereocenters. The third kappa shape index (κ3) is 57.8. The molecule has 0 aromatic heterocycles. The lowest BCUT2D eigenvalue weighted by Gasteiger charge is -2.40. The van der Waals surface area contributed by atoms with Gasteiger partial charge in [0, 0.05) is 12.8 Å². The quantitative estimate of drug-likeness (QED) is 0.0195. The molecule has 0 radical (unpaired) electrons. The summed E-state index contributed by atoms with van der Waals surface area (Å²) in [5.74, 6) is -0.175. The highest BCUT2D eigenvalue weighted by Gasteiger charge is 2.44. The maximum atomic E-state index is 13.0. The molecular formula is C81H151NO10. The van der Waals surface area contributed by atoms with Gasteiger partial charge in [0.2, 0.25) is 5.91 Å². The summed E-state index contributed by atoms with van der Waals surface area (Å²) in [6.07, 6.45) is 83.1. The van der Waals surface area contributed by atoms with E-state index < -0.39 is 49.5 Å². The molecule has 1 fully saturated rings. The third-order valence-corrected chi connectivity index (χ3v) is 18.9. The molecule has 1 aliphatic rings. The summed E-state index contributed by atoms with van der Waals surface area (Å²) in [4.78, 5) is 25.2. The van der Waals surface area contributed by atoms with E-state index in [1.54, 1.807) is 6.08 Å². The molecule has 0 aliphatic carbocycles. The second-order valence-corrected chi connectivity index (χ2v) is 27.8. The Labute approximate surface area is 567 Å². The van der Waals surface area contributed by atoms with Crippen LogP contribution in [0, 0.1) is 0 Å². The van der Waals surface area contributed by atoms with Crippen molar-refractivity contribution in [1.82, 2.24) is 5.32 Å². The first-order valence-electron chi connectivity index (χ1n) is 39.9. The summed E-state index contributed by atoms with van der Waals surface area (Å²) < 4.78 is 16.7. The van der Waals surface area contributed by atoms with Crippen molar-refractivity contribution in [3.05, 3.63) is 48.6 Å². The first kappa shape index (κ1) is 87.6. The van der Waals surface area contributed by atoms with Crippen LogP contribution in [-0.2, 0) is 23.8 Å². The highest BCUT2D eigenvalue weighted by molar-refractivity contribution is 5.76. The third-order valence-electron chi connectivity index (χ3n) is 18.9. The normalized spacial score (nSPS) is 17.8. The van der Waals surface area contributed by atoms with Gasteiger partial charge in [-0.2, -0.15) is 0 Å². The van der Waals surface area contributed by atoms with Crippen LogP contribution in [-0.4, -0.2) is 100 Å². The number of allylic oxidation sites excluding steroid dienone is 7. The molecule has 6 N–H and O–H groups in total. The van der Waals surface area contributed by atoms with E-state index in [9.17, 15) is 35.1 Å². The van der Waals surface area contributed by atoms with Crippen molar-refractivity contribution in [1.29, 1.82) is 0 Å².